The smallest absolute Gasteiger partial charge is 0.241 e. The van der Waals surface area contributed by atoms with Gasteiger partial charge in [-0.3, -0.25) is 4.79 Å². The third-order valence-corrected chi connectivity index (χ3v) is 4.26. The van der Waals surface area contributed by atoms with Gasteiger partial charge in [0.1, 0.15) is 11.8 Å². The zero-order valence-corrected chi connectivity index (χ0v) is 12.6. The van der Waals surface area contributed by atoms with Gasteiger partial charge in [0.15, 0.2) is 0 Å². The van der Waals surface area contributed by atoms with Crippen LogP contribution in [0.4, 0.5) is 0 Å². The second-order valence-electron chi connectivity index (χ2n) is 4.57. The maximum Gasteiger partial charge on any atom is 0.241 e. The van der Waals surface area contributed by atoms with E-state index in [0.717, 1.165) is 10.5 Å². The Balaban J connectivity index is 2.27. The Morgan fingerprint density at radius 1 is 1.14 bits per heavy atom. The highest BCUT2D eigenvalue weighted by atomic mass is 32.2. The van der Waals surface area contributed by atoms with Crippen LogP contribution in [-0.4, -0.2) is 24.4 Å². The minimum absolute atomic E-state index is 0.0587. The van der Waals surface area contributed by atoms with E-state index in [2.05, 4.69) is 0 Å². The SMILES string of the molecule is CN(CC#N)C(=O)[C@@H](Sc1ccccc1)c1ccccc1. The van der Waals surface area contributed by atoms with Crippen molar-refractivity contribution in [2.24, 2.45) is 0 Å². The van der Waals surface area contributed by atoms with Gasteiger partial charge in [-0.05, 0) is 17.7 Å². The molecule has 4 heteroatoms. The van der Waals surface area contributed by atoms with Gasteiger partial charge in [-0.15, -0.1) is 11.8 Å². The van der Waals surface area contributed by atoms with Crippen LogP contribution in [-0.2, 0) is 4.79 Å². The summed E-state index contributed by atoms with van der Waals surface area (Å²) in [4.78, 5) is 15.1. The molecule has 0 saturated heterocycles. The summed E-state index contributed by atoms with van der Waals surface area (Å²) in [5, 5.41) is 8.44. The first-order valence-corrected chi connectivity index (χ1v) is 7.49. The maximum atomic E-state index is 12.6. The van der Waals surface area contributed by atoms with Crippen LogP contribution in [0.1, 0.15) is 10.8 Å². The van der Waals surface area contributed by atoms with Gasteiger partial charge in [-0.25, -0.2) is 0 Å². The number of carbonyl (C=O) groups excluding carboxylic acids is 1. The monoisotopic (exact) mass is 296 g/mol. The number of amides is 1. The van der Waals surface area contributed by atoms with E-state index >= 15 is 0 Å². The number of benzene rings is 2. The zero-order chi connectivity index (χ0) is 15.1. The molecule has 0 aliphatic rings. The molecule has 2 rings (SSSR count). The van der Waals surface area contributed by atoms with E-state index in [1.165, 1.54) is 16.7 Å². The summed E-state index contributed by atoms with van der Waals surface area (Å²) in [6, 6.07) is 21.5. The Hall–Kier alpha value is -2.25. The third kappa shape index (κ3) is 4.11. The number of hydrogen-bond donors (Lipinski definition) is 0. The first kappa shape index (κ1) is 15.1. The second-order valence-corrected chi connectivity index (χ2v) is 5.75. The zero-order valence-electron chi connectivity index (χ0n) is 11.8. The Kier molecular flexibility index (Phi) is 5.42. The predicted molar refractivity (Wildman–Crippen MR) is 84.7 cm³/mol. The average Bonchev–Trinajstić information content (AvgIpc) is 2.54. The van der Waals surface area contributed by atoms with Crippen LogP contribution in [0.5, 0.6) is 0 Å². The van der Waals surface area contributed by atoms with Crippen LogP contribution in [0.15, 0.2) is 65.6 Å². The van der Waals surface area contributed by atoms with Crippen LogP contribution >= 0.6 is 11.8 Å². The molecule has 106 valence electrons. The number of likely N-dealkylation sites (N-methyl/N-ethyl adjacent to an activating group) is 1. The minimum atomic E-state index is -0.341. The third-order valence-electron chi connectivity index (χ3n) is 3.01. The fourth-order valence-electron chi connectivity index (χ4n) is 1.91. The van der Waals surface area contributed by atoms with Crippen molar-refractivity contribution < 1.29 is 4.79 Å². The van der Waals surface area contributed by atoms with Crippen LogP contribution in [0.2, 0.25) is 0 Å². The van der Waals surface area contributed by atoms with Gasteiger partial charge < -0.3 is 4.90 Å². The molecule has 0 radical (unpaired) electrons. The molecular weight excluding hydrogens is 280 g/mol. The van der Waals surface area contributed by atoms with Crippen LogP contribution < -0.4 is 0 Å². The summed E-state index contributed by atoms with van der Waals surface area (Å²) in [6.45, 7) is 0.0948. The summed E-state index contributed by atoms with van der Waals surface area (Å²) in [5.41, 5.74) is 0.946. The summed E-state index contributed by atoms with van der Waals surface area (Å²) >= 11 is 1.50. The van der Waals surface area contributed by atoms with Gasteiger partial charge >= 0.3 is 0 Å². The van der Waals surface area contributed by atoms with Crippen molar-refractivity contribution in [3.05, 3.63) is 66.2 Å². The summed E-state index contributed by atoms with van der Waals surface area (Å²) in [6.07, 6.45) is 0. The Labute approximate surface area is 129 Å². The van der Waals surface area contributed by atoms with Crippen LogP contribution in [0.25, 0.3) is 0 Å². The molecule has 0 bridgehead atoms. The molecule has 0 heterocycles. The van der Waals surface area contributed by atoms with Crippen molar-refractivity contribution in [1.29, 1.82) is 5.26 Å². The van der Waals surface area contributed by atoms with Gasteiger partial charge in [-0.2, -0.15) is 5.26 Å². The summed E-state index contributed by atoms with van der Waals surface area (Å²) < 4.78 is 0. The number of rotatable bonds is 5. The van der Waals surface area contributed by atoms with Gasteiger partial charge in [0.25, 0.3) is 0 Å². The molecule has 1 amide bonds. The fraction of sp³-hybridized carbons (Fsp3) is 0.176. The Bertz CT molecular complexity index is 622. The van der Waals surface area contributed by atoms with Crippen LogP contribution in [0, 0.1) is 11.3 Å². The molecule has 0 aliphatic carbocycles. The molecule has 3 nitrogen and oxygen atoms in total. The lowest BCUT2D eigenvalue weighted by atomic mass is 10.1. The molecule has 0 saturated carbocycles. The van der Waals surface area contributed by atoms with Gasteiger partial charge in [0, 0.05) is 11.9 Å². The van der Waals surface area contributed by atoms with E-state index in [-0.39, 0.29) is 17.7 Å². The predicted octanol–water partition coefficient (Wildman–Crippen LogP) is 3.50. The van der Waals surface area contributed by atoms with Crippen molar-refractivity contribution in [3.63, 3.8) is 0 Å². The number of nitriles is 1. The summed E-state index contributed by atoms with van der Waals surface area (Å²) in [5.74, 6) is -0.0587. The molecule has 0 aromatic heterocycles. The van der Waals surface area contributed by atoms with E-state index in [1.54, 1.807) is 7.05 Å². The highest BCUT2D eigenvalue weighted by Gasteiger charge is 2.24. The molecular formula is C17H16N2OS. The molecule has 0 unspecified atom stereocenters. The van der Waals surface area contributed by atoms with E-state index in [0.29, 0.717) is 0 Å². The molecule has 0 N–H and O–H groups in total. The lowest BCUT2D eigenvalue weighted by Crippen LogP contribution is -2.30. The fourth-order valence-corrected chi connectivity index (χ4v) is 3.07. The average molecular weight is 296 g/mol. The first-order chi connectivity index (χ1) is 10.2. The number of carbonyl (C=O) groups is 1. The second kappa shape index (κ2) is 7.51. The maximum absolute atomic E-state index is 12.6. The van der Waals surface area contributed by atoms with Gasteiger partial charge in [0.2, 0.25) is 5.91 Å². The molecule has 2 aromatic carbocycles. The van der Waals surface area contributed by atoms with Gasteiger partial charge in [0.05, 0.1) is 6.07 Å². The number of nitrogens with zero attached hydrogens (tertiary/aromatic N) is 2. The number of thioether (sulfide) groups is 1. The molecule has 2 aromatic rings. The highest BCUT2D eigenvalue weighted by Crippen LogP contribution is 2.36. The molecule has 21 heavy (non-hydrogen) atoms. The Morgan fingerprint density at radius 2 is 1.71 bits per heavy atom. The number of hydrogen-bond acceptors (Lipinski definition) is 3. The lowest BCUT2D eigenvalue weighted by Gasteiger charge is -2.22. The molecule has 0 fully saturated rings. The van der Waals surface area contributed by atoms with Crippen molar-refractivity contribution in [2.45, 2.75) is 10.1 Å². The Morgan fingerprint density at radius 3 is 2.29 bits per heavy atom. The summed E-state index contributed by atoms with van der Waals surface area (Å²) in [7, 11) is 1.66. The van der Waals surface area contributed by atoms with Crippen LogP contribution in [0.3, 0.4) is 0 Å². The highest BCUT2D eigenvalue weighted by molar-refractivity contribution is 8.00. The molecule has 0 spiro atoms. The first-order valence-electron chi connectivity index (χ1n) is 6.61. The van der Waals surface area contributed by atoms with E-state index in [4.69, 9.17) is 5.26 Å². The molecule has 1 atom stereocenters. The minimum Gasteiger partial charge on any atom is -0.331 e. The van der Waals surface area contributed by atoms with Crippen molar-refractivity contribution in [2.75, 3.05) is 13.6 Å². The van der Waals surface area contributed by atoms with E-state index < -0.39 is 0 Å². The topological polar surface area (TPSA) is 44.1 Å². The normalized spacial score (nSPS) is 11.4. The van der Waals surface area contributed by atoms with Crippen molar-refractivity contribution >= 4 is 17.7 Å². The van der Waals surface area contributed by atoms with Crippen molar-refractivity contribution in [1.82, 2.24) is 4.90 Å². The lowest BCUT2D eigenvalue weighted by molar-refractivity contribution is -0.128. The standard InChI is InChI=1S/C17H16N2OS/c1-19(13-12-18)17(20)16(14-8-4-2-5-9-14)21-15-10-6-3-7-11-15/h2-11,16H,13H2,1H3/t16-/m0/s1. The molecule has 0 aliphatic heterocycles. The van der Waals surface area contributed by atoms with Gasteiger partial charge in [-0.1, -0.05) is 48.5 Å². The van der Waals surface area contributed by atoms with E-state index in [1.807, 2.05) is 66.7 Å². The largest absolute Gasteiger partial charge is 0.331 e. The van der Waals surface area contributed by atoms with Crippen molar-refractivity contribution in [3.8, 4) is 6.07 Å². The van der Waals surface area contributed by atoms with E-state index in [9.17, 15) is 4.79 Å². The quantitative estimate of drug-likeness (QED) is 0.626.